The lowest BCUT2D eigenvalue weighted by Crippen LogP contribution is -2.38. The van der Waals surface area contributed by atoms with Gasteiger partial charge in [0.15, 0.2) is 11.9 Å². The van der Waals surface area contributed by atoms with E-state index in [-0.39, 0.29) is 5.82 Å². The molecule has 2 atom stereocenters. The van der Waals surface area contributed by atoms with Crippen molar-refractivity contribution in [3.63, 3.8) is 0 Å². The van der Waals surface area contributed by atoms with Crippen LogP contribution in [0, 0.1) is 0 Å². The first-order valence-electron chi connectivity index (χ1n) is 9.39. The van der Waals surface area contributed by atoms with Gasteiger partial charge in [-0.15, -0.1) is 5.10 Å². The Hall–Kier alpha value is -3.88. The van der Waals surface area contributed by atoms with Crippen molar-refractivity contribution in [3.8, 4) is 0 Å². The second-order valence-corrected chi connectivity index (χ2v) is 6.91. The molecule has 0 spiro atoms. The predicted octanol–water partition coefficient (Wildman–Crippen LogP) is 1.99. The van der Waals surface area contributed by atoms with Crippen molar-refractivity contribution in [1.82, 2.24) is 25.1 Å². The molecule has 152 valence electrons. The highest BCUT2D eigenvalue weighted by Gasteiger charge is 2.43. The minimum Gasteiger partial charge on any atom is -0.467 e. The third-order valence-corrected chi connectivity index (χ3v) is 5.13. The van der Waals surface area contributed by atoms with Gasteiger partial charge in [-0.3, -0.25) is 14.5 Å². The van der Waals surface area contributed by atoms with Gasteiger partial charge in [-0.05, 0) is 35.0 Å². The lowest BCUT2D eigenvalue weighted by Gasteiger charge is -2.26. The number of fused-ring (bicyclic) bond motifs is 1. The highest BCUT2D eigenvalue weighted by molar-refractivity contribution is 6.21. The highest BCUT2D eigenvalue weighted by atomic mass is 16.5. The van der Waals surface area contributed by atoms with Crippen LogP contribution in [0.3, 0.4) is 0 Å². The van der Waals surface area contributed by atoms with Crippen LogP contribution in [0.1, 0.15) is 51.1 Å². The molecule has 0 aliphatic carbocycles. The van der Waals surface area contributed by atoms with Gasteiger partial charge in [-0.2, -0.15) is 0 Å². The zero-order chi connectivity index (χ0) is 21.3. The fourth-order valence-electron chi connectivity index (χ4n) is 3.59. The van der Waals surface area contributed by atoms with Gasteiger partial charge in [-0.1, -0.05) is 42.5 Å². The average molecular weight is 405 g/mol. The van der Waals surface area contributed by atoms with E-state index in [4.69, 9.17) is 4.74 Å². The third-order valence-electron chi connectivity index (χ3n) is 5.13. The lowest BCUT2D eigenvalue weighted by atomic mass is 10.0. The summed E-state index contributed by atoms with van der Waals surface area (Å²) in [6, 6.07) is 14.4. The first-order chi connectivity index (χ1) is 14.5. The summed E-state index contributed by atoms with van der Waals surface area (Å²) in [6.45, 7) is 1.59. The van der Waals surface area contributed by atoms with Gasteiger partial charge in [0.25, 0.3) is 11.8 Å². The number of carbonyl (C=O) groups excluding carboxylic acids is 3. The molecular weight excluding hydrogens is 386 g/mol. The van der Waals surface area contributed by atoms with Crippen LogP contribution in [0.25, 0.3) is 0 Å². The first-order valence-corrected chi connectivity index (χ1v) is 9.39. The summed E-state index contributed by atoms with van der Waals surface area (Å²) < 4.78 is 6.10. The van der Waals surface area contributed by atoms with Crippen molar-refractivity contribution in [2.45, 2.75) is 25.4 Å². The molecule has 0 bridgehead atoms. The number of amides is 2. The monoisotopic (exact) mass is 405 g/mol. The Balaban J connectivity index is 1.80. The molecule has 2 aromatic carbocycles. The predicted molar refractivity (Wildman–Crippen MR) is 104 cm³/mol. The number of carbonyl (C=O) groups is 3. The van der Waals surface area contributed by atoms with Crippen molar-refractivity contribution in [2.24, 2.45) is 0 Å². The zero-order valence-electron chi connectivity index (χ0n) is 16.4. The number of hydrogen-bond donors (Lipinski definition) is 0. The number of aromatic nitrogens is 4. The van der Waals surface area contributed by atoms with Crippen LogP contribution in [0.5, 0.6) is 0 Å². The van der Waals surface area contributed by atoms with Crippen LogP contribution >= 0.6 is 0 Å². The standard InChI is InChI=1S/C21H19N5O4/c1-13(21(29)30-2)26-18(22-23-24-26)17(12-14-8-4-3-5-9-14)25-19(27)15-10-6-7-11-16(15)20(25)28/h3-11,13,17H,12H2,1-2H3/t13-,17?/m0/s1. The quantitative estimate of drug-likeness (QED) is 0.456. The molecule has 1 aliphatic rings. The lowest BCUT2D eigenvalue weighted by molar-refractivity contribution is -0.144. The van der Waals surface area contributed by atoms with E-state index < -0.39 is 29.9 Å². The van der Waals surface area contributed by atoms with E-state index in [0.717, 1.165) is 5.56 Å². The maximum absolute atomic E-state index is 13.1. The van der Waals surface area contributed by atoms with Gasteiger partial charge in [0.1, 0.15) is 6.04 Å². The van der Waals surface area contributed by atoms with Gasteiger partial charge in [0.2, 0.25) is 0 Å². The summed E-state index contributed by atoms with van der Waals surface area (Å²) in [5.41, 5.74) is 1.56. The molecule has 0 fully saturated rings. The molecule has 1 aromatic heterocycles. The summed E-state index contributed by atoms with van der Waals surface area (Å²) in [6.07, 6.45) is 0.292. The molecule has 3 aromatic rings. The van der Waals surface area contributed by atoms with Crippen molar-refractivity contribution in [1.29, 1.82) is 0 Å². The number of nitrogens with zero attached hydrogens (tertiary/aromatic N) is 5. The van der Waals surface area contributed by atoms with Crippen LogP contribution in [0.2, 0.25) is 0 Å². The van der Waals surface area contributed by atoms with Gasteiger partial charge in [0, 0.05) is 6.42 Å². The fraction of sp³-hybridized carbons (Fsp3) is 0.238. The average Bonchev–Trinajstić information content (AvgIpc) is 3.36. The SMILES string of the molecule is COC(=O)[C@H](C)n1nnnc1C(Cc1ccccc1)N1C(=O)c2ccccc2C1=O. The van der Waals surface area contributed by atoms with Gasteiger partial charge < -0.3 is 4.74 Å². The number of hydrogen-bond acceptors (Lipinski definition) is 7. The van der Waals surface area contributed by atoms with Crippen LogP contribution < -0.4 is 0 Å². The molecule has 9 heteroatoms. The molecule has 0 saturated heterocycles. The summed E-state index contributed by atoms with van der Waals surface area (Å²) >= 11 is 0. The summed E-state index contributed by atoms with van der Waals surface area (Å²) in [4.78, 5) is 39.5. The van der Waals surface area contributed by atoms with Crippen molar-refractivity contribution in [3.05, 3.63) is 77.1 Å². The molecule has 1 aliphatic heterocycles. The molecule has 9 nitrogen and oxygen atoms in total. The normalized spacial score (nSPS) is 15.1. The number of rotatable bonds is 6. The third kappa shape index (κ3) is 3.24. The second-order valence-electron chi connectivity index (χ2n) is 6.91. The Kier molecular flexibility index (Phi) is 5.09. The van der Waals surface area contributed by atoms with E-state index in [1.54, 1.807) is 31.2 Å². The zero-order valence-corrected chi connectivity index (χ0v) is 16.4. The van der Waals surface area contributed by atoms with Crippen molar-refractivity contribution in [2.75, 3.05) is 7.11 Å². The molecule has 4 rings (SSSR count). The maximum atomic E-state index is 13.1. The Morgan fingerprint density at radius 3 is 2.20 bits per heavy atom. The number of imide groups is 1. The van der Waals surface area contributed by atoms with Gasteiger partial charge in [0.05, 0.1) is 18.2 Å². The topological polar surface area (TPSA) is 107 Å². The van der Waals surface area contributed by atoms with E-state index in [9.17, 15) is 14.4 Å². The van der Waals surface area contributed by atoms with E-state index in [1.165, 1.54) is 16.7 Å². The highest BCUT2D eigenvalue weighted by Crippen LogP contribution is 2.33. The molecule has 2 amide bonds. The molecule has 2 heterocycles. The summed E-state index contributed by atoms with van der Waals surface area (Å²) in [5, 5.41) is 11.7. The maximum Gasteiger partial charge on any atom is 0.330 e. The van der Waals surface area contributed by atoms with Crippen molar-refractivity contribution >= 4 is 17.8 Å². The van der Waals surface area contributed by atoms with Gasteiger partial charge >= 0.3 is 5.97 Å². The number of benzene rings is 2. The molecular formula is C21H19N5O4. The largest absolute Gasteiger partial charge is 0.467 e. The van der Waals surface area contributed by atoms with Crippen LogP contribution in [-0.2, 0) is 16.0 Å². The van der Waals surface area contributed by atoms with Crippen LogP contribution in [-0.4, -0.2) is 50.0 Å². The van der Waals surface area contributed by atoms with Gasteiger partial charge in [-0.25, -0.2) is 9.48 Å². The minimum absolute atomic E-state index is 0.228. The molecule has 30 heavy (non-hydrogen) atoms. The molecule has 0 radical (unpaired) electrons. The minimum atomic E-state index is -0.826. The first kappa shape index (κ1) is 19.4. The van der Waals surface area contributed by atoms with Crippen molar-refractivity contribution < 1.29 is 19.1 Å². The fourth-order valence-corrected chi connectivity index (χ4v) is 3.59. The molecule has 0 saturated carbocycles. The summed E-state index contributed by atoms with van der Waals surface area (Å²) in [7, 11) is 1.27. The number of esters is 1. The smallest absolute Gasteiger partial charge is 0.330 e. The van der Waals surface area contributed by atoms with E-state index in [2.05, 4.69) is 15.5 Å². The molecule has 1 unspecified atom stereocenters. The number of methoxy groups -OCH3 is 1. The van der Waals surface area contributed by atoms with E-state index in [0.29, 0.717) is 17.5 Å². The Morgan fingerprint density at radius 1 is 1.00 bits per heavy atom. The Labute approximate surface area is 172 Å². The number of tetrazole rings is 1. The number of ether oxygens (including phenoxy) is 1. The molecule has 0 N–H and O–H groups in total. The van der Waals surface area contributed by atoms with Crippen LogP contribution in [0.4, 0.5) is 0 Å². The Bertz CT molecular complexity index is 1080. The van der Waals surface area contributed by atoms with E-state index in [1.807, 2.05) is 30.3 Å². The van der Waals surface area contributed by atoms with E-state index >= 15 is 0 Å². The van der Waals surface area contributed by atoms with Crippen LogP contribution in [0.15, 0.2) is 54.6 Å². The Morgan fingerprint density at radius 2 is 1.60 bits per heavy atom. The second kappa shape index (κ2) is 7.86. The summed E-state index contributed by atoms with van der Waals surface area (Å²) in [5.74, 6) is -1.15.